The molecule has 0 saturated carbocycles. The van der Waals surface area contributed by atoms with E-state index in [1.165, 1.54) is 12.1 Å². The SMILES string of the molecule is CN1CCC(C(CO)COc2ccc(C(F)(F)F)cc2)CC1. The Balaban J connectivity index is 1.88. The predicted molar refractivity (Wildman–Crippen MR) is 77.7 cm³/mol. The Kier molecular flexibility index (Phi) is 5.69. The number of benzene rings is 1. The highest BCUT2D eigenvalue weighted by atomic mass is 19.4. The molecular weight excluding hydrogens is 295 g/mol. The van der Waals surface area contributed by atoms with Crippen molar-refractivity contribution in [3.05, 3.63) is 29.8 Å². The molecule has 1 aromatic rings. The molecule has 3 nitrogen and oxygen atoms in total. The lowest BCUT2D eigenvalue weighted by molar-refractivity contribution is -0.137. The normalized spacial score (nSPS) is 19.1. The van der Waals surface area contributed by atoms with Gasteiger partial charge in [0.1, 0.15) is 5.75 Å². The van der Waals surface area contributed by atoms with Crippen LogP contribution in [0, 0.1) is 11.8 Å². The molecule has 1 heterocycles. The molecule has 1 saturated heterocycles. The summed E-state index contributed by atoms with van der Waals surface area (Å²) in [6.45, 7) is 2.37. The third kappa shape index (κ3) is 4.61. The number of hydrogen-bond donors (Lipinski definition) is 1. The minimum atomic E-state index is -4.33. The van der Waals surface area contributed by atoms with E-state index in [9.17, 15) is 18.3 Å². The molecule has 1 fully saturated rings. The van der Waals surface area contributed by atoms with E-state index in [0.29, 0.717) is 18.3 Å². The molecule has 1 atom stereocenters. The number of nitrogens with zero attached hydrogens (tertiary/aromatic N) is 1. The van der Waals surface area contributed by atoms with Gasteiger partial charge in [0.25, 0.3) is 0 Å². The maximum absolute atomic E-state index is 12.5. The number of piperidine rings is 1. The lowest BCUT2D eigenvalue weighted by Crippen LogP contribution is -2.36. The van der Waals surface area contributed by atoms with Gasteiger partial charge >= 0.3 is 6.18 Å². The molecule has 1 aliphatic rings. The van der Waals surface area contributed by atoms with E-state index in [1.54, 1.807) is 0 Å². The molecule has 1 aliphatic heterocycles. The van der Waals surface area contributed by atoms with Crippen molar-refractivity contribution in [1.29, 1.82) is 0 Å². The highest BCUT2D eigenvalue weighted by Gasteiger charge is 2.30. The minimum absolute atomic E-state index is 0.0241. The number of alkyl halides is 3. The van der Waals surface area contributed by atoms with Gasteiger partial charge in [0, 0.05) is 12.5 Å². The minimum Gasteiger partial charge on any atom is -0.493 e. The first kappa shape index (κ1) is 17.1. The zero-order valence-electron chi connectivity index (χ0n) is 12.6. The van der Waals surface area contributed by atoms with Crippen LogP contribution >= 0.6 is 0 Å². The molecule has 0 aromatic heterocycles. The van der Waals surface area contributed by atoms with Crippen LogP contribution in [0.4, 0.5) is 13.2 Å². The molecule has 0 aliphatic carbocycles. The van der Waals surface area contributed by atoms with Gasteiger partial charge in [-0.2, -0.15) is 13.2 Å². The maximum atomic E-state index is 12.5. The summed E-state index contributed by atoms with van der Waals surface area (Å²) in [5.41, 5.74) is -0.686. The number of likely N-dealkylation sites (tertiary alicyclic amines) is 1. The molecule has 0 amide bonds. The van der Waals surface area contributed by atoms with Crippen LogP contribution in [0.3, 0.4) is 0 Å². The van der Waals surface area contributed by atoms with Gasteiger partial charge in [0.2, 0.25) is 0 Å². The second kappa shape index (κ2) is 7.33. The Morgan fingerprint density at radius 1 is 1.23 bits per heavy atom. The van der Waals surface area contributed by atoms with Crippen molar-refractivity contribution >= 4 is 0 Å². The fourth-order valence-electron chi connectivity index (χ4n) is 2.78. The highest BCUT2D eigenvalue weighted by Crippen LogP contribution is 2.31. The van der Waals surface area contributed by atoms with E-state index >= 15 is 0 Å². The zero-order valence-corrected chi connectivity index (χ0v) is 12.6. The molecule has 124 valence electrons. The maximum Gasteiger partial charge on any atom is 0.416 e. The summed E-state index contributed by atoms with van der Waals surface area (Å²) in [4.78, 5) is 2.25. The summed E-state index contributed by atoms with van der Waals surface area (Å²) < 4.78 is 43.0. The van der Waals surface area contributed by atoms with E-state index < -0.39 is 11.7 Å². The first-order valence-corrected chi connectivity index (χ1v) is 7.49. The fraction of sp³-hybridized carbons (Fsp3) is 0.625. The van der Waals surface area contributed by atoms with Crippen molar-refractivity contribution in [2.45, 2.75) is 19.0 Å². The molecule has 2 rings (SSSR count). The smallest absolute Gasteiger partial charge is 0.416 e. The average Bonchev–Trinajstić information content (AvgIpc) is 2.49. The van der Waals surface area contributed by atoms with Crippen LogP contribution in [-0.4, -0.2) is 43.4 Å². The van der Waals surface area contributed by atoms with Crippen molar-refractivity contribution in [3.63, 3.8) is 0 Å². The lowest BCUT2D eigenvalue weighted by Gasteiger charge is -2.33. The predicted octanol–water partition coefficient (Wildman–Crippen LogP) is 3.03. The average molecular weight is 317 g/mol. The molecule has 22 heavy (non-hydrogen) atoms. The standard InChI is InChI=1S/C16H22F3NO2/c1-20-8-6-12(7-9-20)13(10-21)11-22-15-4-2-14(3-5-15)16(17,18)19/h2-5,12-13,21H,6-11H2,1H3. The number of aliphatic hydroxyl groups is 1. The van der Waals surface area contributed by atoms with Crippen LogP contribution in [0.15, 0.2) is 24.3 Å². The first-order chi connectivity index (χ1) is 10.4. The Labute approximate surface area is 128 Å². The van der Waals surface area contributed by atoms with Crippen LogP contribution in [0.1, 0.15) is 18.4 Å². The topological polar surface area (TPSA) is 32.7 Å². The van der Waals surface area contributed by atoms with Crippen molar-refractivity contribution < 1.29 is 23.0 Å². The molecule has 1 aromatic carbocycles. The number of aliphatic hydroxyl groups excluding tert-OH is 1. The van der Waals surface area contributed by atoms with Crippen LogP contribution < -0.4 is 4.74 Å². The monoisotopic (exact) mass is 317 g/mol. The lowest BCUT2D eigenvalue weighted by atomic mass is 9.85. The summed E-state index contributed by atoms with van der Waals surface area (Å²) >= 11 is 0. The van der Waals surface area contributed by atoms with Crippen LogP contribution in [-0.2, 0) is 6.18 Å². The number of ether oxygens (including phenoxy) is 1. The molecule has 0 bridgehead atoms. The molecule has 0 spiro atoms. The number of halogens is 3. The van der Waals surface area contributed by atoms with Gasteiger partial charge in [0.15, 0.2) is 0 Å². The van der Waals surface area contributed by atoms with Gasteiger partial charge in [-0.25, -0.2) is 0 Å². The van der Waals surface area contributed by atoms with E-state index in [0.717, 1.165) is 38.1 Å². The Bertz CT molecular complexity index is 453. The van der Waals surface area contributed by atoms with Gasteiger partial charge in [-0.3, -0.25) is 0 Å². The second-order valence-electron chi connectivity index (χ2n) is 5.92. The van der Waals surface area contributed by atoms with Gasteiger partial charge in [0.05, 0.1) is 12.2 Å². The van der Waals surface area contributed by atoms with E-state index in [-0.39, 0.29) is 12.5 Å². The third-order valence-electron chi connectivity index (χ3n) is 4.31. The van der Waals surface area contributed by atoms with Crippen LogP contribution in [0.5, 0.6) is 5.75 Å². The molecular formula is C16H22F3NO2. The quantitative estimate of drug-likeness (QED) is 0.906. The van der Waals surface area contributed by atoms with Crippen molar-refractivity contribution in [2.24, 2.45) is 11.8 Å². The van der Waals surface area contributed by atoms with E-state index in [4.69, 9.17) is 4.74 Å². The summed E-state index contributed by atoms with van der Waals surface area (Å²) in [7, 11) is 2.07. The molecule has 6 heteroatoms. The largest absolute Gasteiger partial charge is 0.493 e. The molecule has 1 N–H and O–H groups in total. The first-order valence-electron chi connectivity index (χ1n) is 7.49. The van der Waals surface area contributed by atoms with Gasteiger partial charge in [-0.1, -0.05) is 0 Å². The van der Waals surface area contributed by atoms with E-state index in [1.807, 2.05) is 0 Å². The van der Waals surface area contributed by atoms with Gasteiger partial charge < -0.3 is 14.7 Å². The fourth-order valence-corrected chi connectivity index (χ4v) is 2.78. The summed E-state index contributed by atoms with van der Waals surface area (Å²) in [6, 6.07) is 4.68. The Morgan fingerprint density at radius 3 is 2.32 bits per heavy atom. The van der Waals surface area contributed by atoms with E-state index in [2.05, 4.69) is 11.9 Å². The summed E-state index contributed by atoms with van der Waals surface area (Å²) in [5.74, 6) is 0.825. The van der Waals surface area contributed by atoms with Crippen molar-refractivity contribution in [2.75, 3.05) is 33.4 Å². The van der Waals surface area contributed by atoms with Gasteiger partial charge in [-0.15, -0.1) is 0 Å². The summed E-state index contributed by atoms with van der Waals surface area (Å²) in [5, 5.41) is 9.53. The highest BCUT2D eigenvalue weighted by molar-refractivity contribution is 5.28. The van der Waals surface area contributed by atoms with Crippen molar-refractivity contribution in [3.8, 4) is 5.75 Å². The Hall–Kier alpha value is -1.27. The number of rotatable bonds is 5. The molecule has 0 radical (unpaired) electrons. The zero-order chi connectivity index (χ0) is 16.2. The summed E-state index contributed by atoms with van der Waals surface area (Å²) in [6.07, 6.45) is -2.31. The van der Waals surface area contributed by atoms with Crippen LogP contribution in [0.2, 0.25) is 0 Å². The Morgan fingerprint density at radius 2 is 1.82 bits per heavy atom. The van der Waals surface area contributed by atoms with Gasteiger partial charge in [-0.05, 0) is 63.2 Å². The third-order valence-corrected chi connectivity index (χ3v) is 4.31. The second-order valence-corrected chi connectivity index (χ2v) is 5.92. The molecule has 1 unspecified atom stereocenters. The van der Waals surface area contributed by atoms with Crippen LogP contribution in [0.25, 0.3) is 0 Å². The number of hydrogen-bond acceptors (Lipinski definition) is 3. The van der Waals surface area contributed by atoms with Crippen molar-refractivity contribution in [1.82, 2.24) is 4.90 Å².